The second-order valence-electron chi connectivity index (χ2n) is 8.96. The number of ether oxygens (including phenoxy) is 1. The van der Waals surface area contributed by atoms with Crippen molar-refractivity contribution in [1.82, 2.24) is 15.5 Å². The van der Waals surface area contributed by atoms with E-state index >= 15 is 0 Å². The molecule has 9 nitrogen and oxygen atoms in total. The van der Waals surface area contributed by atoms with Crippen LogP contribution in [0.15, 0.2) is 24.3 Å². The highest BCUT2D eigenvalue weighted by Gasteiger charge is 2.47. The van der Waals surface area contributed by atoms with E-state index in [4.69, 9.17) is 16.2 Å². The van der Waals surface area contributed by atoms with Crippen molar-refractivity contribution in [2.75, 3.05) is 20.2 Å². The summed E-state index contributed by atoms with van der Waals surface area (Å²) in [5.74, 6) is -0.114. The molecule has 1 aromatic rings. The van der Waals surface area contributed by atoms with Crippen molar-refractivity contribution in [2.24, 2.45) is 17.4 Å². The zero-order chi connectivity index (χ0) is 24.0. The highest BCUT2D eigenvalue weighted by atomic mass is 16.5. The molecule has 0 aromatic heterocycles. The Morgan fingerprint density at radius 3 is 2.52 bits per heavy atom. The fourth-order valence-corrected chi connectivity index (χ4v) is 4.81. The number of benzene rings is 1. The molecule has 0 aliphatic carbocycles. The average molecular weight is 460 g/mol. The Balaban J connectivity index is 1.65. The lowest BCUT2D eigenvalue weighted by molar-refractivity contribution is -0.143. The predicted molar refractivity (Wildman–Crippen MR) is 125 cm³/mol. The molecule has 3 rings (SSSR count). The van der Waals surface area contributed by atoms with E-state index in [1.807, 2.05) is 31.2 Å². The molecule has 5 atom stereocenters. The monoisotopic (exact) mass is 459 g/mol. The SMILES string of the molecule is CC[C@H](N)C(=O)N[C@@H]1C(=O)N2[C@@H](CCC1CN)CC[C@H]2C(=O)NCCc1ccc(OC)cc1. The third kappa shape index (κ3) is 5.83. The van der Waals surface area contributed by atoms with Crippen LogP contribution in [0, 0.1) is 5.92 Å². The van der Waals surface area contributed by atoms with E-state index in [-0.39, 0.29) is 36.2 Å². The number of carbonyl (C=O) groups excluding carboxylic acids is 3. The van der Waals surface area contributed by atoms with E-state index in [9.17, 15) is 14.4 Å². The lowest BCUT2D eigenvalue weighted by Gasteiger charge is -2.32. The number of hydrogen-bond donors (Lipinski definition) is 4. The fraction of sp³-hybridized carbons (Fsp3) is 0.625. The summed E-state index contributed by atoms with van der Waals surface area (Å²) in [6.45, 7) is 2.59. The first kappa shape index (κ1) is 25.0. The average Bonchev–Trinajstić information content (AvgIpc) is 3.21. The Labute approximate surface area is 195 Å². The number of hydrogen-bond acceptors (Lipinski definition) is 6. The van der Waals surface area contributed by atoms with Gasteiger partial charge in [-0.15, -0.1) is 0 Å². The maximum atomic E-state index is 13.5. The number of rotatable bonds is 9. The molecule has 0 bridgehead atoms. The summed E-state index contributed by atoms with van der Waals surface area (Å²) in [5.41, 5.74) is 12.9. The Kier molecular flexibility index (Phi) is 8.68. The normalized spacial score (nSPS) is 25.7. The maximum absolute atomic E-state index is 13.5. The van der Waals surface area contributed by atoms with Gasteiger partial charge in [-0.05, 0) is 62.8 Å². The summed E-state index contributed by atoms with van der Waals surface area (Å²) in [7, 11) is 1.62. The third-order valence-corrected chi connectivity index (χ3v) is 6.92. The number of methoxy groups -OCH3 is 1. The lowest BCUT2D eigenvalue weighted by atomic mass is 9.93. The Morgan fingerprint density at radius 2 is 1.88 bits per heavy atom. The minimum Gasteiger partial charge on any atom is -0.497 e. The summed E-state index contributed by atoms with van der Waals surface area (Å²) in [4.78, 5) is 40.7. The second kappa shape index (κ2) is 11.5. The van der Waals surface area contributed by atoms with Gasteiger partial charge in [-0.1, -0.05) is 19.1 Å². The first-order valence-electron chi connectivity index (χ1n) is 11.9. The number of amides is 3. The van der Waals surface area contributed by atoms with Gasteiger partial charge in [-0.2, -0.15) is 0 Å². The lowest BCUT2D eigenvalue weighted by Crippen LogP contribution is -2.58. The zero-order valence-corrected chi connectivity index (χ0v) is 19.6. The summed E-state index contributed by atoms with van der Waals surface area (Å²) in [6, 6.07) is 5.75. The Hall–Kier alpha value is -2.65. The van der Waals surface area contributed by atoms with Crippen molar-refractivity contribution in [3.63, 3.8) is 0 Å². The second-order valence-corrected chi connectivity index (χ2v) is 8.96. The molecule has 2 heterocycles. The summed E-state index contributed by atoms with van der Waals surface area (Å²) >= 11 is 0. The van der Waals surface area contributed by atoms with E-state index in [1.54, 1.807) is 12.0 Å². The molecule has 6 N–H and O–H groups in total. The van der Waals surface area contributed by atoms with Gasteiger partial charge in [0, 0.05) is 18.5 Å². The number of nitrogens with zero attached hydrogens (tertiary/aromatic N) is 1. The van der Waals surface area contributed by atoms with Crippen LogP contribution in [-0.2, 0) is 20.8 Å². The van der Waals surface area contributed by atoms with Gasteiger partial charge >= 0.3 is 0 Å². The van der Waals surface area contributed by atoms with Gasteiger partial charge in [0.15, 0.2) is 0 Å². The van der Waals surface area contributed by atoms with Crippen LogP contribution in [0.5, 0.6) is 5.75 Å². The Bertz CT molecular complexity index is 831. The zero-order valence-electron chi connectivity index (χ0n) is 19.6. The smallest absolute Gasteiger partial charge is 0.246 e. The number of nitrogens with one attached hydrogen (secondary N) is 2. The van der Waals surface area contributed by atoms with Gasteiger partial charge in [0.1, 0.15) is 17.8 Å². The van der Waals surface area contributed by atoms with Gasteiger partial charge in [0.2, 0.25) is 17.7 Å². The van der Waals surface area contributed by atoms with E-state index in [2.05, 4.69) is 10.6 Å². The fourth-order valence-electron chi connectivity index (χ4n) is 4.81. The molecule has 0 radical (unpaired) electrons. The van der Waals surface area contributed by atoms with Gasteiger partial charge in [-0.25, -0.2) is 0 Å². The van der Waals surface area contributed by atoms with E-state index in [1.165, 1.54) is 0 Å². The van der Waals surface area contributed by atoms with Crippen molar-refractivity contribution >= 4 is 17.7 Å². The molecule has 9 heteroatoms. The van der Waals surface area contributed by atoms with Crippen molar-refractivity contribution in [3.05, 3.63) is 29.8 Å². The number of carbonyl (C=O) groups is 3. The highest BCUT2D eigenvalue weighted by Crippen LogP contribution is 2.33. The molecule has 1 unspecified atom stereocenters. The van der Waals surface area contributed by atoms with Crippen LogP contribution in [0.2, 0.25) is 0 Å². The van der Waals surface area contributed by atoms with Crippen molar-refractivity contribution in [3.8, 4) is 5.75 Å². The van der Waals surface area contributed by atoms with Crippen LogP contribution in [-0.4, -0.2) is 67.0 Å². The van der Waals surface area contributed by atoms with Crippen LogP contribution in [0.3, 0.4) is 0 Å². The first-order valence-corrected chi connectivity index (χ1v) is 11.9. The molecule has 2 fully saturated rings. The molecule has 182 valence electrons. The molecule has 2 aliphatic rings. The van der Waals surface area contributed by atoms with Gasteiger partial charge in [-0.3, -0.25) is 14.4 Å². The summed E-state index contributed by atoms with van der Waals surface area (Å²) in [6.07, 6.45) is 4.05. The predicted octanol–water partition coefficient (Wildman–Crippen LogP) is 0.304. The molecule has 0 spiro atoms. The van der Waals surface area contributed by atoms with E-state index in [0.717, 1.165) is 30.6 Å². The van der Waals surface area contributed by atoms with Crippen molar-refractivity contribution in [2.45, 2.75) is 69.6 Å². The van der Waals surface area contributed by atoms with Crippen LogP contribution in [0.4, 0.5) is 0 Å². The van der Waals surface area contributed by atoms with Gasteiger partial charge in [0.05, 0.1) is 13.2 Å². The first-order chi connectivity index (χ1) is 15.9. The molecule has 0 saturated carbocycles. The Morgan fingerprint density at radius 1 is 1.18 bits per heavy atom. The van der Waals surface area contributed by atoms with E-state index in [0.29, 0.717) is 25.8 Å². The molecule has 2 aliphatic heterocycles. The van der Waals surface area contributed by atoms with Crippen molar-refractivity contribution < 1.29 is 19.1 Å². The van der Waals surface area contributed by atoms with Crippen LogP contribution in [0.1, 0.15) is 44.6 Å². The number of nitrogens with two attached hydrogens (primary N) is 2. The quantitative estimate of drug-likeness (QED) is 0.419. The van der Waals surface area contributed by atoms with Crippen LogP contribution in [0.25, 0.3) is 0 Å². The maximum Gasteiger partial charge on any atom is 0.246 e. The van der Waals surface area contributed by atoms with Crippen molar-refractivity contribution in [1.29, 1.82) is 0 Å². The topological polar surface area (TPSA) is 140 Å². The molecule has 3 amide bonds. The minimum atomic E-state index is -0.752. The summed E-state index contributed by atoms with van der Waals surface area (Å²) < 4.78 is 5.17. The highest BCUT2D eigenvalue weighted by molar-refractivity contribution is 5.94. The molecule has 2 saturated heterocycles. The largest absolute Gasteiger partial charge is 0.497 e. The minimum absolute atomic E-state index is 0.00867. The van der Waals surface area contributed by atoms with Crippen LogP contribution >= 0.6 is 0 Å². The number of fused-ring (bicyclic) bond motifs is 1. The van der Waals surface area contributed by atoms with Gasteiger partial charge in [0.25, 0.3) is 0 Å². The molecule has 33 heavy (non-hydrogen) atoms. The summed E-state index contributed by atoms with van der Waals surface area (Å²) in [5, 5.41) is 5.82. The molecular weight excluding hydrogens is 422 g/mol. The third-order valence-electron chi connectivity index (χ3n) is 6.92. The standard InChI is InChI=1S/C24H37N5O4/c1-3-19(26)22(30)28-21-16(14-25)6-7-17-8-11-20(29(17)24(21)32)23(31)27-13-12-15-4-9-18(33-2)10-5-15/h4-5,9-10,16-17,19-21H,3,6-8,11-14,25-26H2,1-2H3,(H,27,31)(H,28,30)/t16?,17-,19-,20-,21-/m0/s1. The van der Waals surface area contributed by atoms with Crippen LogP contribution < -0.4 is 26.8 Å². The van der Waals surface area contributed by atoms with E-state index < -0.39 is 18.1 Å². The molecular formula is C24H37N5O4. The molecule has 1 aromatic carbocycles. The van der Waals surface area contributed by atoms with Gasteiger partial charge < -0.3 is 31.7 Å².